The third-order valence-corrected chi connectivity index (χ3v) is 3.26. The minimum atomic E-state index is -0.549. The van der Waals surface area contributed by atoms with E-state index in [1.165, 1.54) is 5.56 Å². The number of imidazole rings is 1. The Hall–Kier alpha value is -2.21. The maximum Gasteiger partial charge on any atom is 0.137 e. The van der Waals surface area contributed by atoms with Crippen LogP contribution in [0.4, 0.5) is 0 Å². The first-order valence-electron chi connectivity index (χ1n) is 6.68. The molecule has 0 saturated carbocycles. The lowest BCUT2D eigenvalue weighted by molar-refractivity contribution is 0.168. The number of rotatable bonds is 4. The highest BCUT2D eigenvalue weighted by molar-refractivity contribution is 5.41. The molecule has 1 N–H and O–H groups in total. The van der Waals surface area contributed by atoms with Crippen LogP contribution < -0.4 is 0 Å². The standard InChI is InChI=1S/C14H17N5O/c1-3-13(20)12-9-19(17-16-12)8-11-7-18-6-10(2)4-5-14(18)15-11/h4-7,9,13,20H,3,8H2,1-2H3. The molecule has 6 heteroatoms. The molecular formula is C14H17N5O. The summed E-state index contributed by atoms with van der Waals surface area (Å²) in [6.45, 7) is 4.51. The molecule has 3 aromatic heterocycles. The molecule has 0 aliphatic heterocycles. The van der Waals surface area contributed by atoms with Crippen molar-refractivity contribution < 1.29 is 5.11 Å². The average molecular weight is 271 g/mol. The monoisotopic (exact) mass is 271 g/mol. The molecule has 3 heterocycles. The fourth-order valence-electron chi connectivity index (χ4n) is 2.15. The summed E-state index contributed by atoms with van der Waals surface area (Å²) in [6, 6.07) is 4.03. The van der Waals surface area contributed by atoms with E-state index in [-0.39, 0.29) is 0 Å². The van der Waals surface area contributed by atoms with E-state index in [1.807, 2.05) is 35.9 Å². The minimum Gasteiger partial charge on any atom is -0.387 e. The van der Waals surface area contributed by atoms with Crippen molar-refractivity contribution in [2.45, 2.75) is 32.9 Å². The van der Waals surface area contributed by atoms with Crippen molar-refractivity contribution in [2.24, 2.45) is 0 Å². The van der Waals surface area contributed by atoms with Crippen LogP contribution in [0.5, 0.6) is 0 Å². The van der Waals surface area contributed by atoms with Gasteiger partial charge in [-0.1, -0.05) is 18.2 Å². The molecule has 0 fully saturated rings. The van der Waals surface area contributed by atoms with Crippen LogP contribution in [-0.4, -0.2) is 29.5 Å². The number of aromatic nitrogens is 5. The predicted octanol–water partition coefficient (Wildman–Crippen LogP) is 1.73. The van der Waals surface area contributed by atoms with Gasteiger partial charge in [0, 0.05) is 12.4 Å². The molecule has 0 amide bonds. The van der Waals surface area contributed by atoms with Crippen LogP contribution in [-0.2, 0) is 6.54 Å². The molecular weight excluding hydrogens is 254 g/mol. The second-order valence-corrected chi connectivity index (χ2v) is 4.97. The van der Waals surface area contributed by atoms with E-state index < -0.39 is 6.10 Å². The van der Waals surface area contributed by atoms with Gasteiger partial charge in [-0.15, -0.1) is 5.10 Å². The van der Waals surface area contributed by atoms with Crippen molar-refractivity contribution in [3.8, 4) is 0 Å². The van der Waals surface area contributed by atoms with E-state index in [1.54, 1.807) is 10.9 Å². The summed E-state index contributed by atoms with van der Waals surface area (Å²) >= 11 is 0. The van der Waals surface area contributed by atoms with Gasteiger partial charge >= 0.3 is 0 Å². The summed E-state index contributed by atoms with van der Waals surface area (Å²) in [6.07, 6.45) is 5.88. The van der Waals surface area contributed by atoms with Gasteiger partial charge in [0.2, 0.25) is 0 Å². The van der Waals surface area contributed by atoms with E-state index in [0.29, 0.717) is 18.7 Å². The van der Waals surface area contributed by atoms with Crippen molar-refractivity contribution >= 4 is 5.65 Å². The fourth-order valence-corrected chi connectivity index (χ4v) is 2.15. The van der Waals surface area contributed by atoms with E-state index in [9.17, 15) is 5.11 Å². The SMILES string of the molecule is CCC(O)c1cn(Cc2cn3cc(C)ccc3n2)nn1. The summed E-state index contributed by atoms with van der Waals surface area (Å²) < 4.78 is 3.70. The number of aliphatic hydroxyl groups excluding tert-OH is 1. The smallest absolute Gasteiger partial charge is 0.137 e. The van der Waals surface area contributed by atoms with Gasteiger partial charge in [-0.05, 0) is 25.0 Å². The van der Waals surface area contributed by atoms with Crippen molar-refractivity contribution in [1.82, 2.24) is 24.4 Å². The molecule has 3 aromatic rings. The minimum absolute atomic E-state index is 0.546. The normalized spacial score (nSPS) is 12.9. The van der Waals surface area contributed by atoms with Crippen LogP contribution in [0.1, 0.15) is 36.4 Å². The Balaban J connectivity index is 1.83. The molecule has 0 bridgehead atoms. The number of hydrogen-bond donors (Lipinski definition) is 1. The second-order valence-electron chi connectivity index (χ2n) is 4.97. The van der Waals surface area contributed by atoms with Crippen LogP contribution >= 0.6 is 0 Å². The Morgan fingerprint density at radius 1 is 1.25 bits per heavy atom. The molecule has 6 nitrogen and oxygen atoms in total. The zero-order chi connectivity index (χ0) is 14.1. The van der Waals surface area contributed by atoms with E-state index in [4.69, 9.17) is 0 Å². The third-order valence-electron chi connectivity index (χ3n) is 3.26. The fraction of sp³-hybridized carbons (Fsp3) is 0.357. The molecule has 1 atom stereocenters. The van der Waals surface area contributed by atoms with E-state index in [2.05, 4.69) is 22.2 Å². The molecule has 0 aromatic carbocycles. The zero-order valence-corrected chi connectivity index (χ0v) is 11.6. The van der Waals surface area contributed by atoms with E-state index >= 15 is 0 Å². The molecule has 20 heavy (non-hydrogen) atoms. The lowest BCUT2D eigenvalue weighted by atomic mass is 10.2. The predicted molar refractivity (Wildman–Crippen MR) is 74.3 cm³/mol. The molecule has 3 rings (SSSR count). The summed E-state index contributed by atoms with van der Waals surface area (Å²) in [5.41, 5.74) is 3.63. The highest BCUT2D eigenvalue weighted by atomic mass is 16.3. The number of aryl methyl sites for hydroxylation is 1. The summed E-state index contributed by atoms with van der Waals surface area (Å²) in [7, 11) is 0. The Morgan fingerprint density at radius 3 is 2.90 bits per heavy atom. The molecule has 104 valence electrons. The van der Waals surface area contributed by atoms with Crippen molar-refractivity contribution in [2.75, 3.05) is 0 Å². The molecule has 0 saturated heterocycles. The summed E-state index contributed by atoms with van der Waals surface area (Å²) in [4.78, 5) is 4.54. The van der Waals surface area contributed by atoms with Gasteiger partial charge in [0.1, 0.15) is 11.3 Å². The first-order chi connectivity index (χ1) is 9.65. The Bertz CT molecular complexity index is 730. The first-order valence-corrected chi connectivity index (χ1v) is 6.68. The quantitative estimate of drug-likeness (QED) is 0.784. The van der Waals surface area contributed by atoms with Crippen molar-refractivity contribution in [3.63, 3.8) is 0 Å². The lowest BCUT2D eigenvalue weighted by Gasteiger charge is -2.00. The van der Waals surface area contributed by atoms with Crippen LogP contribution in [0.15, 0.2) is 30.7 Å². The highest BCUT2D eigenvalue weighted by Gasteiger charge is 2.10. The topological polar surface area (TPSA) is 68.2 Å². The van der Waals surface area contributed by atoms with Crippen LogP contribution in [0, 0.1) is 6.92 Å². The number of pyridine rings is 1. The van der Waals surface area contributed by atoms with E-state index in [0.717, 1.165) is 11.3 Å². The van der Waals surface area contributed by atoms with Crippen LogP contribution in [0.2, 0.25) is 0 Å². The zero-order valence-electron chi connectivity index (χ0n) is 11.6. The van der Waals surface area contributed by atoms with Gasteiger partial charge in [0.15, 0.2) is 0 Å². The second kappa shape index (κ2) is 5.05. The van der Waals surface area contributed by atoms with Gasteiger partial charge in [-0.2, -0.15) is 0 Å². The molecule has 1 unspecified atom stereocenters. The maximum atomic E-state index is 9.72. The molecule has 0 spiro atoms. The molecule has 0 aliphatic rings. The number of nitrogens with zero attached hydrogens (tertiary/aromatic N) is 5. The Kier molecular flexibility index (Phi) is 3.23. The van der Waals surface area contributed by atoms with Crippen molar-refractivity contribution in [3.05, 3.63) is 47.7 Å². The number of fused-ring (bicyclic) bond motifs is 1. The van der Waals surface area contributed by atoms with Crippen LogP contribution in [0.3, 0.4) is 0 Å². The van der Waals surface area contributed by atoms with Gasteiger partial charge in [-0.25, -0.2) is 9.67 Å². The molecule has 0 aliphatic carbocycles. The van der Waals surface area contributed by atoms with Gasteiger partial charge in [0.25, 0.3) is 0 Å². The largest absolute Gasteiger partial charge is 0.387 e. The maximum absolute atomic E-state index is 9.72. The Morgan fingerprint density at radius 2 is 2.10 bits per heavy atom. The van der Waals surface area contributed by atoms with Gasteiger partial charge < -0.3 is 9.51 Å². The number of aliphatic hydroxyl groups is 1. The Labute approximate surface area is 116 Å². The van der Waals surface area contributed by atoms with Gasteiger partial charge in [-0.3, -0.25) is 0 Å². The summed E-state index contributed by atoms with van der Waals surface area (Å²) in [5.74, 6) is 0. The first kappa shape index (κ1) is 12.8. The van der Waals surface area contributed by atoms with Crippen LogP contribution in [0.25, 0.3) is 5.65 Å². The summed E-state index contributed by atoms with van der Waals surface area (Å²) in [5, 5.41) is 17.7. The third kappa shape index (κ3) is 2.42. The lowest BCUT2D eigenvalue weighted by Crippen LogP contribution is -2.00. The van der Waals surface area contributed by atoms with Gasteiger partial charge in [0.05, 0.1) is 24.5 Å². The molecule has 0 radical (unpaired) electrons. The van der Waals surface area contributed by atoms with Crippen molar-refractivity contribution in [1.29, 1.82) is 0 Å². The number of hydrogen-bond acceptors (Lipinski definition) is 4. The average Bonchev–Trinajstić information content (AvgIpc) is 3.04. The highest BCUT2D eigenvalue weighted by Crippen LogP contribution is 2.13.